The van der Waals surface area contributed by atoms with Gasteiger partial charge in [-0.15, -0.1) is 0 Å². The number of nitro benzene ring substituents is 1. The molecule has 0 fully saturated rings. The maximum Gasteiger partial charge on any atom is 0.285 e. The summed E-state index contributed by atoms with van der Waals surface area (Å²) in [4.78, 5) is 21.0. The van der Waals surface area contributed by atoms with Crippen molar-refractivity contribution in [3.8, 4) is 0 Å². The molecule has 0 radical (unpaired) electrons. The van der Waals surface area contributed by atoms with Crippen molar-refractivity contribution >= 4 is 22.3 Å². The number of nitro groups is 1. The number of benzene rings is 1. The average Bonchev–Trinajstić information content (AvgIpc) is 2.25. The zero-order valence-corrected chi connectivity index (χ0v) is 9.53. The molecule has 1 rings (SSSR count). The summed E-state index contributed by atoms with van der Waals surface area (Å²) >= 11 is 0. The van der Waals surface area contributed by atoms with Gasteiger partial charge in [0.15, 0.2) is 0 Å². The highest BCUT2D eigenvalue weighted by Gasteiger charge is 2.17. The molecule has 1 unspecified atom stereocenters. The van der Waals surface area contributed by atoms with Crippen LogP contribution in [0.4, 0.5) is 5.69 Å². The van der Waals surface area contributed by atoms with Crippen molar-refractivity contribution in [1.29, 1.82) is 0 Å². The molecule has 6 heteroatoms. The quantitative estimate of drug-likeness (QED) is 0.580. The van der Waals surface area contributed by atoms with E-state index >= 15 is 0 Å². The van der Waals surface area contributed by atoms with Crippen LogP contribution in [0.2, 0.25) is 0 Å². The van der Waals surface area contributed by atoms with Gasteiger partial charge < -0.3 is 0 Å². The second-order valence-electron chi connectivity index (χ2n) is 3.23. The van der Waals surface area contributed by atoms with Gasteiger partial charge in [0.2, 0.25) is 0 Å². The number of rotatable bonds is 5. The SMILES string of the molecule is CC(=O)CCS(=O)c1ccccc1[N+](=O)[O-]. The van der Waals surface area contributed by atoms with Crippen LogP contribution in [0.25, 0.3) is 0 Å². The topological polar surface area (TPSA) is 77.3 Å². The van der Waals surface area contributed by atoms with Gasteiger partial charge in [0, 0.05) is 18.2 Å². The number of Topliss-reactive ketones (excluding diaryl/α,β-unsaturated/α-hetero) is 1. The first-order chi connectivity index (χ1) is 7.52. The smallest absolute Gasteiger partial charge is 0.285 e. The van der Waals surface area contributed by atoms with Crippen molar-refractivity contribution in [3.63, 3.8) is 0 Å². The standard InChI is InChI=1S/C10H11NO4S/c1-8(12)6-7-16(15)10-5-3-2-4-9(10)11(13)14/h2-5H,6-7H2,1H3. The zero-order valence-electron chi connectivity index (χ0n) is 8.71. The molecule has 86 valence electrons. The van der Waals surface area contributed by atoms with Gasteiger partial charge in [-0.1, -0.05) is 12.1 Å². The second kappa shape index (κ2) is 5.50. The molecule has 0 saturated heterocycles. The normalized spacial score (nSPS) is 12.1. The molecule has 0 aromatic heterocycles. The predicted octanol–water partition coefficient (Wildman–Crippen LogP) is 1.68. The molecule has 1 atom stereocenters. The minimum atomic E-state index is -1.50. The van der Waals surface area contributed by atoms with E-state index in [1.807, 2.05) is 0 Å². The van der Waals surface area contributed by atoms with Crippen LogP contribution >= 0.6 is 0 Å². The highest BCUT2D eigenvalue weighted by Crippen LogP contribution is 2.21. The van der Waals surface area contributed by atoms with Gasteiger partial charge in [0.05, 0.1) is 15.7 Å². The lowest BCUT2D eigenvalue weighted by atomic mass is 10.3. The number of carbonyl (C=O) groups excluding carboxylic acids is 1. The molecule has 0 N–H and O–H groups in total. The number of para-hydroxylation sites is 1. The third kappa shape index (κ3) is 3.23. The third-order valence-electron chi connectivity index (χ3n) is 1.95. The molecule has 0 saturated carbocycles. The van der Waals surface area contributed by atoms with E-state index < -0.39 is 15.7 Å². The molecule has 0 amide bonds. The first-order valence-electron chi connectivity index (χ1n) is 4.63. The summed E-state index contributed by atoms with van der Waals surface area (Å²) < 4.78 is 11.7. The lowest BCUT2D eigenvalue weighted by Crippen LogP contribution is -2.05. The van der Waals surface area contributed by atoms with E-state index in [4.69, 9.17) is 0 Å². The predicted molar refractivity (Wildman–Crippen MR) is 59.7 cm³/mol. The van der Waals surface area contributed by atoms with E-state index in [2.05, 4.69) is 0 Å². The second-order valence-corrected chi connectivity index (χ2v) is 4.77. The van der Waals surface area contributed by atoms with Crippen molar-refractivity contribution < 1.29 is 13.9 Å². The van der Waals surface area contributed by atoms with Gasteiger partial charge >= 0.3 is 0 Å². The van der Waals surface area contributed by atoms with Crippen LogP contribution in [0, 0.1) is 10.1 Å². The van der Waals surface area contributed by atoms with Crippen molar-refractivity contribution in [2.45, 2.75) is 18.2 Å². The number of nitrogens with zero attached hydrogens (tertiary/aromatic N) is 1. The van der Waals surface area contributed by atoms with Crippen LogP contribution in [0.3, 0.4) is 0 Å². The molecule has 0 aliphatic rings. The molecule has 0 aliphatic carbocycles. The Balaban J connectivity index is 2.90. The Morgan fingerprint density at radius 1 is 1.44 bits per heavy atom. The first kappa shape index (κ1) is 12.5. The highest BCUT2D eigenvalue weighted by atomic mass is 32.2. The van der Waals surface area contributed by atoms with Crippen molar-refractivity contribution in [1.82, 2.24) is 0 Å². The largest absolute Gasteiger partial charge is 0.300 e. The van der Waals surface area contributed by atoms with Crippen LogP contribution in [0.5, 0.6) is 0 Å². The van der Waals surface area contributed by atoms with Crippen LogP contribution in [0.15, 0.2) is 29.2 Å². The van der Waals surface area contributed by atoms with E-state index in [-0.39, 0.29) is 28.5 Å². The molecule has 16 heavy (non-hydrogen) atoms. The molecule has 5 nitrogen and oxygen atoms in total. The third-order valence-corrected chi connectivity index (χ3v) is 3.36. The summed E-state index contributed by atoms with van der Waals surface area (Å²) in [6.45, 7) is 1.40. The van der Waals surface area contributed by atoms with Crippen molar-refractivity contribution in [3.05, 3.63) is 34.4 Å². The number of ketones is 1. The van der Waals surface area contributed by atoms with Gasteiger partial charge in [-0.25, -0.2) is 0 Å². The van der Waals surface area contributed by atoms with E-state index in [0.29, 0.717) is 0 Å². The maximum atomic E-state index is 11.7. The fraction of sp³-hybridized carbons (Fsp3) is 0.300. The molecular formula is C10H11NO4S. The molecule has 0 heterocycles. The van der Waals surface area contributed by atoms with Gasteiger partial charge in [-0.05, 0) is 13.0 Å². The van der Waals surface area contributed by atoms with Gasteiger partial charge in [0.1, 0.15) is 10.7 Å². The van der Waals surface area contributed by atoms with Gasteiger partial charge in [0.25, 0.3) is 5.69 Å². The molecule has 1 aromatic rings. The molecule has 1 aromatic carbocycles. The molecule has 0 spiro atoms. The minimum absolute atomic E-state index is 0.0769. The summed E-state index contributed by atoms with van der Waals surface area (Å²) in [5.41, 5.74) is -0.163. The van der Waals surface area contributed by atoms with Crippen molar-refractivity contribution in [2.75, 3.05) is 5.75 Å². The van der Waals surface area contributed by atoms with Crippen molar-refractivity contribution in [2.24, 2.45) is 0 Å². The Kier molecular flexibility index (Phi) is 4.30. The van der Waals surface area contributed by atoms with Gasteiger partial charge in [-0.3, -0.25) is 19.1 Å². The van der Waals surface area contributed by atoms with E-state index in [1.54, 1.807) is 6.07 Å². The number of carbonyl (C=O) groups is 1. The average molecular weight is 241 g/mol. The number of hydrogen-bond donors (Lipinski definition) is 0. The van der Waals surface area contributed by atoms with E-state index in [9.17, 15) is 19.1 Å². The van der Waals surface area contributed by atoms with E-state index in [1.165, 1.54) is 25.1 Å². The van der Waals surface area contributed by atoms with Crippen LogP contribution < -0.4 is 0 Å². The van der Waals surface area contributed by atoms with Crippen LogP contribution in [-0.2, 0) is 15.6 Å². The summed E-state index contributed by atoms with van der Waals surface area (Å²) in [5, 5.41) is 10.7. The Morgan fingerprint density at radius 2 is 2.06 bits per heavy atom. The number of hydrogen-bond acceptors (Lipinski definition) is 4. The maximum absolute atomic E-state index is 11.7. The summed E-state index contributed by atoms with van der Waals surface area (Å²) in [6, 6.07) is 5.87. The monoisotopic (exact) mass is 241 g/mol. The lowest BCUT2D eigenvalue weighted by molar-refractivity contribution is -0.387. The summed E-state index contributed by atoms with van der Waals surface area (Å²) in [6.07, 6.45) is 0.165. The van der Waals surface area contributed by atoms with E-state index in [0.717, 1.165) is 0 Å². The minimum Gasteiger partial charge on any atom is -0.300 e. The summed E-state index contributed by atoms with van der Waals surface area (Å²) in [7, 11) is -1.50. The molecule has 0 bridgehead atoms. The van der Waals surface area contributed by atoms with Crippen LogP contribution in [-0.4, -0.2) is 20.7 Å². The molecule has 0 aliphatic heterocycles. The molecular weight excluding hydrogens is 230 g/mol. The van der Waals surface area contributed by atoms with Gasteiger partial charge in [-0.2, -0.15) is 0 Å². The Hall–Kier alpha value is -1.56. The highest BCUT2D eigenvalue weighted by molar-refractivity contribution is 7.85. The fourth-order valence-corrected chi connectivity index (χ4v) is 2.45. The Labute approximate surface area is 95.1 Å². The Morgan fingerprint density at radius 3 is 2.62 bits per heavy atom. The lowest BCUT2D eigenvalue weighted by Gasteiger charge is -2.01. The first-order valence-corrected chi connectivity index (χ1v) is 5.95. The zero-order chi connectivity index (χ0) is 12.1. The fourth-order valence-electron chi connectivity index (χ4n) is 1.15. The Bertz CT molecular complexity index is 444. The summed E-state index contributed by atoms with van der Waals surface area (Å²) in [5.74, 6) is 0.0483. The van der Waals surface area contributed by atoms with Crippen LogP contribution in [0.1, 0.15) is 13.3 Å².